The van der Waals surface area contributed by atoms with E-state index >= 15 is 0 Å². The van der Waals surface area contributed by atoms with E-state index in [0.717, 1.165) is 43.8 Å². The number of thiazole rings is 1. The number of amides is 2. The summed E-state index contributed by atoms with van der Waals surface area (Å²) in [7, 11) is 1.61. The maximum absolute atomic E-state index is 12.8. The van der Waals surface area contributed by atoms with Gasteiger partial charge in [-0.3, -0.25) is 14.9 Å². The van der Waals surface area contributed by atoms with Crippen molar-refractivity contribution in [1.29, 1.82) is 0 Å². The molecule has 1 heterocycles. The number of aromatic nitrogens is 1. The van der Waals surface area contributed by atoms with Crippen molar-refractivity contribution in [2.75, 3.05) is 45.2 Å². The minimum absolute atomic E-state index is 0.143. The molecule has 0 fully saturated rings. The van der Waals surface area contributed by atoms with Crippen LogP contribution in [-0.2, 0) is 0 Å². The summed E-state index contributed by atoms with van der Waals surface area (Å²) in [6, 6.07) is 12.2. The van der Waals surface area contributed by atoms with Gasteiger partial charge in [0.2, 0.25) is 0 Å². The molecule has 1 aromatic heterocycles. The van der Waals surface area contributed by atoms with Gasteiger partial charge in [-0.1, -0.05) is 20.8 Å². The first-order valence-corrected chi connectivity index (χ1v) is 13.6. The first kappa shape index (κ1) is 28.1. The molecule has 3 aromatic rings. The summed E-state index contributed by atoms with van der Waals surface area (Å²) in [4.78, 5) is 32.1. The molecule has 0 spiro atoms. The minimum Gasteiger partial charge on any atom is -0.496 e. The fourth-order valence-electron chi connectivity index (χ4n) is 3.74. The van der Waals surface area contributed by atoms with Gasteiger partial charge in [0.25, 0.3) is 11.8 Å². The number of carbonyl (C=O) groups is 2. The van der Waals surface area contributed by atoms with Crippen molar-refractivity contribution in [2.45, 2.75) is 33.6 Å². The Balaban J connectivity index is 1.58. The monoisotopic (exact) mass is 524 g/mol. The van der Waals surface area contributed by atoms with E-state index in [1.165, 1.54) is 11.3 Å². The molecule has 0 aliphatic rings. The fraction of sp³-hybridized carbons (Fsp3) is 0.393. The lowest BCUT2D eigenvalue weighted by molar-refractivity contribution is 0.0950. The number of methoxy groups -OCH3 is 1. The van der Waals surface area contributed by atoms with Crippen LogP contribution in [0.4, 0.5) is 5.13 Å². The maximum Gasteiger partial charge on any atom is 0.257 e. The molecule has 0 saturated carbocycles. The molecule has 2 amide bonds. The smallest absolute Gasteiger partial charge is 0.257 e. The van der Waals surface area contributed by atoms with Gasteiger partial charge in [-0.2, -0.15) is 0 Å². The molecule has 0 saturated heterocycles. The summed E-state index contributed by atoms with van der Waals surface area (Å²) < 4.78 is 11.2. The van der Waals surface area contributed by atoms with Crippen LogP contribution < -0.4 is 20.1 Å². The lowest BCUT2D eigenvalue weighted by atomic mass is 10.1. The average molecular weight is 525 g/mol. The zero-order chi connectivity index (χ0) is 26.6. The van der Waals surface area contributed by atoms with Crippen molar-refractivity contribution in [3.05, 3.63) is 59.0 Å². The second kappa shape index (κ2) is 14.3. The quantitative estimate of drug-likeness (QED) is 0.277. The normalized spacial score (nSPS) is 10.8. The van der Waals surface area contributed by atoms with Crippen molar-refractivity contribution in [2.24, 2.45) is 0 Å². The largest absolute Gasteiger partial charge is 0.496 e. The number of rotatable bonds is 14. The number of hydrogen-bond donors (Lipinski definition) is 2. The van der Waals surface area contributed by atoms with Gasteiger partial charge in [0.15, 0.2) is 5.13 Å². The van der Waals surface area contributed by atoms with Crippen LogP contribution in [0.25, 0.3) is 11.3 Å². The molecule has 37 heavy (non-hydrogen) atoms. The van der Waals surface area contributed by atoms with Crippen LogP contribution in [0.2, 0.25) is 0 Å². The average Bonchev–Trinajstić information content (AvgIpc) is 3.40. The van der Waals surface area contributed by atoms with Gasteiger partial charge < -0.3 is 19.7 Å². The molecular formula is C28H36N4O4S. The minimum atomic E-state index is -0.293. The molecule has 0 radical (unpaired) electrons. The van der Waals surface area contributed by atoms with Crippen molar-refractivity contribution in [3.63, 3.8) is 0 Å². The Morgan fingerprint density at radius 2 is 1.70 bits per heavy atom. The second-order valence-corrected chi connectivity index (χ2v) is 9.27. The van der Waals surface area contributed by atoms with Gasteiger partial charge in [-0.05, 0) is 74.9 Å². The molecule has 9 heteroatoms. The van der Waals surface area contributed by atoms with E-state index in [2.05, 4.69) is 41.3 Å². The molecule has 0 atom stereocenters. The van der Waals surface area contributed by atoms with Crippen molar-refractivity contribution in [1.82, 2.24) is 15.2 Å². The van der Waals surface area contributed by atoms with Gasteiger partial charge in [0.05, 0.1) is 19.4 Å². The van der Waals surface area contributed by atoms with E-state index in [1.807, 2.05) is 23.6 Å². The summed E-state index contributed by atoms with van der Waals surface area (Å²) in [5.74, 6) is 0.979. The number of hydrogen-bond acceptors (Lipinski definition) is 7. The van der Waals surface area contributed by atoms with E-state index in [4.69, 9.17) is 9.47 Å². The number of anilines is 1. The Morgan fingerprint density at radius 3 is 2.35 bits per heavy atom. The van der Waals surface area contributed by atoms with Crippen LogP contribution in [0, 0.1) is 0 Å². The Labute approximate surface area is 223 Å². The molecule has 198 valence electrons. The molecule has 0 bridgehead atoms. The molecule has 2 aromatic carbocycles. The van der Waals surface area contributed by atoms with Crippen LogP contribution >= 0.6 is 11.3 Å². The van der Waals surface area contributed by atoms with Gasteiger partial charge in [-0.25, -0.2) is 4.98 Å². The van der Waals surface area contributed by atoms with Gasteiger partial charge in [0.1, 0.15) is 11.5 Å². The summed E-state index contributed by atoms with van der Waals surface area (Å²) in [5, 5.41) is 8.11. The lowest BCUT2D eigenvalue weighted by Crippen LogP contribution is -2.29. The predicted octanol–water partition coefficient (Wildman–Crippen LogP) is 5.32. The predicted molar refractivity (Wildman–Crippen MR) is 149 cm³/mol. The SMILES string of the molecule is CCCOc1ccc(OC)c(-c2csc(NC(=O)c3ccc(C(=O)NCCCN(CC)CC)cc3)n2)c1. The number of nitrogens with zero attached hydrogens (tertiary/aromatic N) is 2. The summed E-state index contributed by atoms with van der Waals surface area (Å²) in [6.45, 7) is 10.5. The first-order valence-electron chi connectivity index (χ1n) is 12.7. The van der Waals surface area contributed by atoms with Gasteiger partial charge in [-0.15, -0.1) is 11.3 Å². The number of benzene rings is 2. The number of nitrogens with one attached hydrogen (secondary N) is 2. The van der Waals surface area contributed by atoms with Crippen molar-refractivity contribution < 1.29 is 19.1 Å². The Hall–Kier alpha value is -3.43. The fourth-order valence-corrected chi connectivity index (χ4v) is 4.45. The zero-order valence-corrected chi connectivity index (χ0v) is 22.8. The maximum atomic E-state index is 12.8. The summed E-state index contributed by atoms with van der Waals surface area (Å²) in [5.41, 5.74) is 2.45. The molecule has 0 unspecified atom stereocenters. The van der Waals surface area contributed by atoms with Crippen LogP contribution in [0.3, 0.4) is 0 Å². The van der Waals surface area contributed by atoms with Crippen molar-refractivity contribution in [3.8, 4) is 22.8 Å². The van der Waals surface area contributed by atoms with E-state index in [0.29, 0.717) is 40.9 Å². The third-order valence-corrected chi connectivity index (χ3v) is 6.64. The van der Waals surface area contributed by atoms with E-state index in [-0.39, 0.29) is 11.8 Å². The van der Waals surface area contributed by atoms with E-state index in [9.17, 15) is 9.59 Å². The number of ether oxygens (including phenoxy) is 2. The molecule has 2 N–H and O–H groups in total. The summed E-state index contributed by atoms with van der Waals surface area (Å²) in [6.07, 6.45) is 1.81. The molecule has 0 aliphatic carbocycles. The van der Waals surface area contributed by atoms with E-state index in [1.54, 1.807) is 31.4 Å². The highest BCUT2D eigenvalue weighted by Crippen LogP contribution is 2.35. The van der Waals surface area contributed by atoms with Crippen LogP contribution in [0.5, 0.6) is 11.5 Å². The van der Waals surface area contributed by atoms with Gasteiger partial charge >= 0.3 is 0 Å². The Morgan fingerprint density at radius 1 is 1.00 bits per heavy atom. The highest BCUT2D eigenvalue weighted by Gasteiger charge is 2.15. The first-order chi connectivity index (χ1) is 18.0. The highest BCUT2D eigenvalue weighted by atomic mass is 32.1. The second-order valence-electron chi connectivity index (χ2n) is 8.42. The standard InChI is InChI=1S/C28H36N4O4S/c1-5-17-36-22-13-14-25(35-4)23(18-22)24-19-37-28(30-24)31-27(34)21-11-9-20(10-12-21)26(33)29-15-8-16-32(6-2)7-3/h9-14,18-19H,5-8,15-17H2,1-4H3,(H,29,33)(H,30,31,34). The Bertz CT molecular complexity index is 1160. The molecule has 0 aliphatic heterocycles. The summed E-state index contributed by atoms with van der Waals surface area (Å²) >= 11 is 1.33. The number of carbonyl (C=O) groups excluding carboxylic acids is 2. The molecule has 3 rings (SSSR count). The molecular weight excluding hydrogens is 488 g/mol. The van der Waals surface area contributed by atoms with Crippen LogP contribution in [0.1, 0.15) is 54.3 Å². The third-order valence-electron chi connectivity index (χ3n) is 5.88. The van der Waals surface area contributed by atoms with Crippen LogP contribution in [0.15, 0.2) is 47.8 Å². The third kappa shape index (κ3) is 8.03. The van der Waals surface area contributed by atoms with E-state index < -0.39 is 0 Å². The Kier molecular flexibility index (Phi) is 10.9. The zero-order valence-electron chi connectivity index (χ0n) is 22.0. The van der Waals surface area contributed by atoms with Gasteiger partial charge in [0, 0.05) is 28.6 Å². The van der Waals surface area contributed by atoms with Crippen LogP contribution in [-0.4, -0.2) is 61.6 Å². The highest BCUT2D eigenvalue weighted by molar-refractivity contribution is 7.14. The molecule has 8 nitrogen and oxygen atoms in total. The topological polar surface area (TPSA) is 92.8 Å². The van der Waals surface area contributed by atoms with Crippen molar-refractivity contribution >= 4 is 28.3 Å². The lowest BCUT2D eigenvalue weighted by Gasteiger charge is -2.17.